The first-order valence-corrected chi connectivity index (χ1v) is 6.83. The summed E-state index contributed by atoms with van der Waals surface area (Å²) in [5.74, 6) is -0.962. The van der Waals surface area contributed by atoms with E-state index in [9.17, 15) is 14.4 Å². The van der Waals surface area contributed by atoms with Gasteiger partial charge in [-0.3, -0.25) is 19.7 Å². The highest BCUT2D eigenvalue weighted by Gasteiger charge is 2.36. The van der Waals surface area contributed by atoms with Gasteiger partial charge < -0.3 is 10.2 Å². The van der Waals surface area contributed by atoms with Gasteiger partial charge in [-0.05, 0) is 12.5 Å². The van der Waals surface area contributed by atoms with Crippen molar-refractivity contribution in [2.75, 3.05) is 18.9 Å². The lowest BCUT2D eigenvalue weighted by atomic mass is 10.1. The fraction of sp³-hybridized carbons (Fsp3) is 0.385. The SMILES string of the molecule is CCC1C(=O)NC(=O)CN1C(=O)c1cc(NC)ncc1Cl. The number of pyridine rings is 1. The minimum absolute atomic E-state index is 0.170. The normalized spacial score (nSPS) is 18.4. The van der Waals surface area contributed by atoms with Crippen molar-refractivity contribution >= 4 is 35.1 Å². The van der Waals surface area contributed by atoms with Crippen LogP contribution in [0.15, 0.2) is 12.3 Å². The first kappa shape index (κ1) is 15.2. The number of imide groups is 1. The van der Waals surface area contributed by atoms with Crippen LogP contribution in [0.5, 0.6) is 0 Å². The molecule has 2 N–H and O–H groups in total. The number of carbonyl (C=O) groups excluding carboxylic acids is 3. The lowest BCUT2D eigenvalue weighted by Crippen LogP contribution is -2.59. The molecule has 21 heavy (non-hydrogen) atoms. The molecule has 0 aromatic carbocycles. The Morgan fingerprint density at radius 3 is 2.90 bits per heavy atom. The second-order valence-corrected chi connectivity index (χ2v) is 4.98. The number of aromatic nitrogens is 1. The standard InChI is InChI=1S/C13H15ClN4O3/c1-3-9-12(20)17-11(19)6-18(9)13(21)7-4-10(15-2)16-5-8(7)14/h4-5,9H,3,6H2,1-2H3,(H,15,16)(H,17,19,20). The predicted octanol–water partition coefficient (Wildman–Crippen LogP) is 0.654. The van der Waals surface area contributed by atoms with Gasteiger partial charge in [0.05, 0.1) is 10.6 Å². The maximum absolute atomic E-state index is 12.6. The van der Waals surface area contributed by atoms with Crippen LogP contribution in [0.1, 0.15) is 23.7 Å². The molecule has 1 saturated heterocycles. The number of anilines is 1. The van der Waals surface area contributed by atoms with Gasteiger partial charge in [-0.25, -0.2) is 4.98 Å². The molecule has 2 rings (SSSR count). The van der Waals surface area contributed by atoms with Crippen molar-refractivity contribution in [2.24, 2.45) is 0 Å². The molecule has 1 aliphatic rings. The van der Waals surface area contributed by atoms with Crippen molar-refractivity contribution in [1.82, 2.24) is 15.2 Å². The predicted molar refractivity (Wildman–Crippen MR) is 77.1 cm³/mol. The van der Waals surface area contributed by atoms with Crippen LogP contribution in [-0.2, 0) is 9.59 Å². The number of nitrogens with one attached hydrogen (secondary N) is 2. The summed E-state index contributed by atoms with van der Waals surface area (Å²) in [6, 6.07) is 0.812. The number of carbonyl (C=O) groups is 3. The highest BCUT2D eigenvalue weighted by molar-refractivity contribution is 6.34. The van der Waals surface area contributed by atoms with Gasteiger partial charge in [0.25, 0.3) is 5.91 Å². The van der Waals surface area contributed by atoms with Crippen LogP contribution >= 0.6 is 11.6 Å². The third kappa shape index (κ3) is 2.97. The van der Waals surface area contributed by atoms with Gasteiger partial charge >= 0.3 is 0 Å². The topological polar surface area (TPSA) is 91.4 Å². The molecule has 8 heteroatoms. The van der Waals surface area contributed by atoms with Crippen molar-refractivity contribution < 1.29 is 14.4 Å². The van der Waals surface area contributed by atoms with Gasteiger partial charge in [0.1, 0.15) is 18.4 Å². The Morgan fingerprint density at radius 2 is 2.29 bits per heavy atom. The molecule has 112 valence electrons. The van der Waals surface area contributed by atoms with Crippen molar-refractivity contribution in [3.63, 3.8) is 0 Å². The third-order valence-electron chi connectivity index (χ3n) is 3.24. The first-order chi connectivity index (χ1) is 9.97. The second-order valence-electron chi connectivity index (χ2n) is 4.57. The molecule has 1 fully saturated rings. The quantitative estimate of drug-likeness (QED) is 0.800. The average Bonchev–Trinajstić information content (AvgIpc) is 2.46. The Kier molecular flexibility index (Phi) is 4.42. The second kappa shape index (κ2) is 6.09. The Balaban J connectivity index is 2.37. The van der Waals surface area contributed by atoms with E-state index in [1.54, 1.807) is 14.0 Å². The summed E-state index contributed by atoms with van der Waals surface area (Å²) >= 11 is 6.01. The zero-order valence-corrected chi connectivity index (χ0v) is 12.4. The van der Waals surface area contributed by atoms with Crippen molar-refractivity contribution in [2.45, 2.75) is 19.4 Å². The van der Waals surface area contributed by atoms with Crippen LogP contribution in [0.2, 0.25) is 5.02 Å². The van der Waals surface area contributed by atoms with Crippen molar-refractivity contribution in [3.05, 3.63) is 22.8 Å². The zero-order chi connectivity index (χ0) is 15.6. The van der Waals surface area contributed by atoms with Gasteiger partial charge in [-0.1, -0.05) is 18.5 Å². The molecule has 0 radical (unpaired) electrons. The van der Waals surface area contributed by atoms with Crippen LogP contribution in [0.25, 0.3) is 0 Å². The molecule has 1 atom stereocenters. The van der Waals surface area contributed by atoms with Crippen LogP contribution in [0.3, 0.4) is 0 Å². The molecule has 0 bridgehead atoms. The van der Waals surface area contributed by atoms with Crippen LogP contribution < -0.4 is 10.6 Å². The molecule has 0 spiro atoms. The van der Waals surface area contributed by atoms with Crippen LogP contribution in [0.4, 0.5) is 5.82 Å². The number of piperazine rings is 1. The first-order valence-electron chi connectivity index (χ1n) is 6.45. The molecule has 0 saturated carbocycles. The van der Waals surface area contributed by atoms with E-state index in [2.05, 4.69) is 15.6 Å². The number of hydrogen-bond donors (Lipinski definition) is 2. The number of halogens is 1. The molecular weight excluding hydrogens is 296 g/mol. The number of hydrogen-bond acceptors (Lipinski definition) is 5. The molecule has 1 aromatic heterocycles. The van der Waals surface area contributed by atoms with E-state index >= 15 is 0 Å². The van der Waals surface area contributed by atoms with Crippen molar-refractivity contribution in [3.8, 4) is 0 Å². The molecule has 1 aliphatic heterocycles. The summed E-state index contributed by atoms with van der Waals surface area (Å²) < 4.78 is 0. The molecule has 2 heterocycles. The Labute approximate surface area is 126 Å². The molecule has 1 aromatic rings. The molecule has 7 nitrogen and oxygen atoms in total. The maximum Gasteiger partial charge on any atom is 0.256 e. The van der Waals surface area contributed by atoms with Crippen LogP contribution in [0, 0.1) is 0 Å². The molecular formula is C13H15ClN4O3. The molecule has 3 amide bonds. The van der Waals surface area contributed by atoms with E-state index < -0.39 is 23.8 Å². The summed E-state index contributed by atoms with van der Waals surface area (Å²) in [5, 5.41) is 5.21. The monoisotopic (exact) mass is 310 g/mol. The summed E-state index contributed by atoms with van der Waals surface area (Å²) in [6.07, 6.45) is 1.76. The van der Waals surface area contributed by atoms with Gasteiger partial charge in [-0.15, -0.1) is 0 Å². The lowest BCUT2D eigenvalue weighted by Gasteiger charge is -2.33. The van der Waals surface area contributed by atoms with E-state index in [0.29, 0.717) is 12.2 Å². The van der Waals surface area contributed by atoms with E-state index in [4.69, 9.17) is 11.6 Å². The summed E-state index contributed by atoms with van der Waals surface area (Å²) in [5.41, 5.74) is 0.206. The highest BCUT2D eigenvalue weighted by atomic mass is 35.5. The minimum atomic E-state index is -0.683. The van der Waals surface area contributed by atoms with Gasteiger partial charge in [0, 0.05) is 13.2 Å². The summed E-state index contributed by atoms with van der Waals surface area (Å²) in [7, 11) is 1.66. The van der Waals surface area contributed by atoms with Crippen LogP contribution in [-0.4, -0.2) is 47.2 Å². The number of amides is 3. The van der Waals surface area contributed by atoms with Crippen molar-refractivity contribution in [1.29, 1.82) is 0 Å². The summed E-state index contributed by atoms with van der Waals surface area (Å²) in [4.78, 5) is 41.1. The molecule has 1 unspecified atom stereocenters. The number of rotatable bonds is 3. The Morgan fingerprint density at radius 1 is 1.57 bits per heavy atom. The lowest BCUT2D eigenvalue weighted by molar-refractivity contribution is -0.138. The third-order valence-corrected chi connectivity index (χ3v) is 3.55. The number of nitrogens with zero attached hydrogens (tertiary/aromatic N) is 2. The van der Waals surface area contributed by atoms with E-state index in [-0.39, 0.29) is 17.1 Å². The molecule has 0 aliphatic carbocycles. The van der Waals surface area contributed by atoms with Gasteiger partial charge in [-0.2, -0.15) is 0 Å². The maximum atomic E-state index is 12.6. The Bertz CT molecular complexity index is 605. The van der Waals surface area contributed by atoms with E-state index in [1.165, 1.54) is 17.2 Å². The fourth-order valence-electron chi connectivity index (χ4n) is 2.18. The Hall–Kier alpha value is -2.15. The smallest absolute Gasteiger partial charge is 0.256 e. The van der Waals surface area contributed by atoms with Gasteiger partial charge in [0.15, 0.2) is 0 Å². The zero-order valence-electron chi connectivity index (χ0n) is 11.6. The fourth-order valence-corrected chi connectivity index (χ4v) is 2.36. The minimum Gasteiger partial charge on any atom is -0.373 e. The highest BCUT2D eigenvalue weighted by Crippen LogP contribution is 2.22. The average molecular weight is 311 g/mol. The van der Waals surface area contributed by atoms with E-state index in [0.717, 1.165) is 0 Å². The summed E-state index contributed by atoms with van der Waals surface area (Å²) in [6.45, 7) is 1.60. The largest absolute Gasteiger partial charge is 0.373 e. The van der Waals surface area contributed by atoms with Gasteiger partial charge in [0.2, 0.25) is 11.8 Å². The van der Waals surface area contributed by atoms with E-state index in [1.807, 2.05) is 0 Å².